The smallest absolute Gasteiger partial charge is 0.416 e. The largest absolute Gasteiger partial charge is 0.481 e. The molecule has 1 fully saturated rings. The predicted octanol–water partition coefficient (Wildman–Crippen LogP) is 4.16. The Labute approximate surface area is 159 Å². The number of carbonyl (C=O) groups is 1. The van der Waals surface area contributed by atoms with Gasteiger partial charge in [-0.05, 0) is 53.9 Å². The van der Waals surface area contributed by atoms with Gasteiger partial charge in [0.1, 0.15) is 0 Å². The highest BCUT2D eigenvalue weighted by molar-refractivity contribution is 7.97. The van der Waals surface area contributed by atoms with Crippen molar-refractivity contribution >= 4 is 23.6 Å². The summed E-state index contributed by atoms with van der Waals surface area (Å²) in [5.41, 5.74) is 0.911. The van der Waals surface area contributed by atoms with Gasteiger partial charge < -0.3 is 10.0 Å². The number of carboxylic acids is 1. The molecule has 2 aromatic carbocycles. The number of aliphatic carboxylic acids is 1. The number of nitrogens with zero attached hydrogens (tertiary/aromatic N) is 2. The van der Waals surface area contributed by atoms with Gasteiger partial charge in [0.25, 0.3) is 0 Å². The molecule has 0 atom stereocenters. The average molecular weight is 396 g/mol. The van der Waals surface area contributed by atoms with Gasteiger partial charge in [0.15, 0.2) is 0 Å². The molecule has 0 radical (unpaired) electrons. The van der Waals surface area contributed by atoms with E-state index in [2.05, 4.69) is 9.21 Å². The van der Waals surface area contributed by atoms with E-state index in [4.69, 9.17) is 5.11 Å². The van der Waals surface area contributed by atoms with Gasteiger partial charge in [0.2, 0.25) is 0 Å². The molecule has 0 amide bonds. The molecule has 1 aliphatic rings. The molecular weight excluding hydrogens is 377 g/mol. The summed E-state index contributed by atoms with van der Waals surface area (Å²) in [6, 6.07) is 12.7. The molecule has 1 heterocycles. The molecule has 0 aliphatic carbocycles. The number of hydrogen-bond acceptors (Lipinski definition) is 4. The summed E-state index contributed by atoms with van der Waals surface area (Å²) in [4.78, 5) is 13.9. The van der Waals surface area contributed by atoms with E-state index in [1.54, 1.807) is 18.0 Å². The second kappa shape index (κ2) is 8.22. The first-order chi connectivity index (χ1) is 12.8. The Balaban J connectivity index is 1.55. The van der Waals surface area contributed by atoms with Crippen molar-refractivity contribution < 1.29 is 23.1 Å². The maximum atomic E-state index is 12.7. The molecule has 1 aliphatic heterocycles. The van der Waals surface area contributed by atoms with Crippen LogP contribution in [0.2, 0.25) is 0 Å². The molecule has 4 nitrogen and oxygen atoms in total. The SMILES string of the molecule is O=C(O)Cc1cccc(SN2CCN(c3ccc(C(F)(F)F)cc3)CC2)c1. The van der Waals surface area contributed by atoms with Crippen LogP contribution in [0, 0.1) is 0 Å². The van der Waals surface area contributed by atoms with Gasteiger partial charge in [0.05, 0.1) is 12.0 Å². The number of carboxylic acid groups (broad SMARTS) is 1. The van der Waals surface area contributed by atoms with Gasteiger partial charge in [0, 0.05) is 36.8 Å². The van der Waals surface area contributed by atoms with Crippen molar-refractivity contribution in [2.75, 3.05) is 31.1 Å². The van der Waals surface area contributed by atoms with Crippen LogP contribution in [0.1, 0.15) is 11.1 Å². The highest BCUT2D eigenvalue weighted by Crippen LogP contribution is 2.31. The summed E-state index contributed by atoms with van der Waals surface area (Å²) >= 11 is 1.57. The number of hydrogen-bond donors (Lipinski definition) is 1. The summed E-state index contributed by atoms with van der Waals surface area (Å²) < 4.78 is 40.2. The molecule has 0 aromatic heterocycles. The number of halogens is 3. The van der Waals surface area contributed by atoms with Gasteiger partial charge in [-0.25, -0.2) is 4.31 Å². The van der Waals surface area contributed by atoms with Gasteiger partial charge in [-0.2, -0.15) is 13.2 Å². The Kier molecular flexibility index (Phi) is 5.96. The van der Waals surface area contributed by atoms with E-state index >= 15 is 0 Å². The molecule has 1 N–H and O–H groups in total. The fourth-order valence-corrected chi connectivity index (χ4v) is 3.92. The van der Waals surface area contributed by atoms with E-state index in [0.717, 1.165) is 41.4 Å². The quantitative estimate of drug-likeness (QED) is 0.769. The lowest BCUT2D eigenvalue weighted by Gasteiger charge is -2.35. The summed E-state index contributed by atoms with van der Waals surface area (Å²) in [7, 11) is 0. The molecule has 0 spiro atoms. The Hall–Kier alpha value is -2.19. The minimum absolute atomic E-state index is 0.00387. The van der Waals surface area contributed by atoms with Crippen molar-refractivity contribution in [1.82, 2.24) is 4.31 Å². The maximum Gasteiger partial charge on any atom is 0.416 e. The Bertz CT molecular complexity index is 788. The van der Waals surface area contributed by atoms with E-state index in [1.807, 2.05) is 18.2 Å². The molecule has 144 valence electrons. The predicted molar refractivity (Wildman–Crippen MR) is 98.9 cm³/mol. The second-order valence-electron chi connectivity index (χ2n) is 6.27. The van der Waals surface area contributed by atoms with E-state index in [0.29, 0.717) is 13.1 Å². The lowest BCUT2D eigenvalue weighted by Crippen LogP contribution is -2.43. The van der Waals surface area contributed by atoms with E-state index < -0.39 is 17.7 Å². The second-order valence-corrected chi connectivity index (χ2v) is 7.44. The summed E-state index contributed by atoms with van der Waals surface area (Å²) in [6.07, 6.45) is -4.32. The standard InChI is InChI=1S/C19H19F3N2O2S/c20-19(21,22)15-4-6-16(7-5-15)23-8-10-24(11-9-23)27-17-3-1-2-14(12-17)13-18(25)26/h1-7,12H,8-11,13H2,(H,25,26). The molecule has 0 unspecified atom stereocenters. The lowest BCUT2D eigenvalue weighted by atomic mass is 10.2. The highest BCUT2D eigenvalue weighted by Gasteiger charge is 2.30. The summed E-state index contributed by atoms with van der Waals surface area (Å²) in [6.45, 7) is 2.95. The van der Waals surface area contributed by atoms with Crippen LogP contribution < -0.4 is 4.90 Å². The zero-order chi connectivity index (χ0) is 19.4. The first kappa shape index (κ1) is 19.6. The zero-order valence-corrected chi connectivity index (χ0v) is 15.3. The van der Waals surface area contributed by atoms with Crippen molar-refractivity contribution in [2.45, 2.75) is 17.5 Å². The average Bonchev–Trinajstić information content (AvgIpc) is 2.61. The molecule has 2 aromatic rings. The zero-order valence-electron chi connectivity index (χ0n) is 14.4. The lowest BCUT2D eigenvalue weighted by molar-refractivity contribution is -0.138. The van der Waals surface area contributed by atoms with Gasteiger partial charge in [-0.3, -0.25) is 4.79 Å². The maximum absolute atomic E-state index is 12.7. The topological polar surface area (TPSA) is 43.8 Å². The van der Waals surface area contributed by atoms with Crippen molar-refractivity contribution in [1.29, 1.82) is 0 Å². The van der Waals surface area contributed by atoms with E-state index in [1.165, 1.54) is 12.1 Å². The van der Waals surface area contributed by atoms with Crippen LogP contribution in [0.4, 0.5) is 18.9 Å². The third-order valence-corrected chi connectivity index (χ3v) is 5.37. The minimum Gasteiger partial charge on any atom is -0.481 e. The monoisotopic (exact) mass is 396 g/mol. The van der Waals surface area contributed by atoms with Crippen LogP contribution in [-0.2, 0) is 17.4 Å². The van der Waals surface area contributed by atoms with Crippen molar-refractivity contribution in [2.24, 2.45) is 0 Å². The minimum atomic E-state index is -4.32. The van der Waals surface area contributed by atoms with E-state index in [-0.39, 0.29) is 6.42 Å². The summed E-state index contributed by atoms with van der Waals surface area (Å²) in [5.74, 6) is -0.859. The first-order valence-electron chi connectivity index (χ1n) is 8.47. The summed E-state index contributed by atoms with van der Waals surface area (Å²) in [5, 5.41) is 8.89. The molecule has 8 heteroatoms. The van der Waals surface area contributed by atoms with Crippen molar-refractivity contribution in [3.63, 3.8) is 0 Å². The van der Waals surface area contributed by atoms with Crippen LogP contribution in [0.3, 0.4) is 0 Å². The third kappa shape index (κ3) is 5.40. The molecule has 27 heavy (non-hydrogen) atoms. The number of anilines is 1. The van der Waals surface area contributed by atoms with Crippen LogP contribution in [0.15, 0.2) is 53.4 Å². The van der Waals surface area contributed by atoms with E-state index in [9.17, 15) is 18.0 Å². The fraction of sp³-hybridized carbons (Fsp3) is 0.316. The van der Waals surface area contributed by atoms with Crippen LogP contribution in [0.25, 0.3) is 0 Å². The number of rotatable bonds is 5. The molecule has 1 saturated heterocycles. The van der Waals surface area contributed by atoms with Crippen LogP contribution in [0.5, 0.6) is 0 Å². The Morgan fingerprint density at radius 1 is 1.04 bits per heavy atom. The van der Waals surface area contributed by atoms with Gasteiger partial charge in [-0.15, -0.1) is 0 Å². The third-order valence-electron chi connectivity index (χ3n) is 4.29. The first-order valence-corrected chi connectivity index (χ1v) is 9.24. The number of benzene rings is 2. The fourth-order valence-electron chi connectivity index (χ4n) is 2.93. The number of piperazine rings is 1. The Morgan fingerprint density at radius 3 is 2.30 bits per heavy atom. The Morgan fingerprint density at radius 2 is 1.70 bits per heavy atom. The van der Waals surface area contributed by atoms with Crippen molar-refractivity contribution in [3.8, 4) is 0 Å². The normalized spacial score (nSPS) is 15.7. The van der Waals surface area contributed by atoms with Crippen LogP contribution in [-0.4, -0.2) is 41.6 Å². The van der Waals surface area contributed by atoms with Crippen molar-refractivity contribution in [3.05, 3.63) is 59.7 Å². The molecular formula is C19H19F3N2O2S. The molecule has 0 saturated carbocycles. The number of alkyl halides is 3. The highest BCUT2D eigenvalue weighted by atomic mass is 32.2. The van der Waals surface area contributed by atoms with Gasteiger partial charge >= 0.3 is 12.1 Å². The molecule has 0 bridgehead atoms. The van der Waals surface area contributed by atoms with Gasteiger partial charge in [-0.1, -0.05) is 12.1 Å². The van der Waals surface area contributed by atoms with Crippen LogP contribution >= 0.6 is 11.9 Å². The molecule has 3 rings (SSSR count).